The summed E-state index contributed by atoms with van der Waals surface area (Å²) in [5.41, 5.74) is 2.29. The minimum absolute atomic E-state index is 0.0200. The van der Waals surface area contributed by atoms with Crippen molar-refractivity contribution >= 4 is 10.0 Å². The highest BCUT2D eigenvalue weighted by Crippen LogP contribution is 2.21. The van der Waals surface area contributed by atoms with Gasteiger partial charge < -0.3 is 4.74 Å². The van der Waals surface area contributed by atoms with Crippen molar-refractivity contribution in [3.05, 3.63) is 72.4 Å². The monoisotopic (exact) mass is 387 g/mol. The van der Waals surface area contributed by atoms with Crippen LogP contribution in [0.3, 0.4) is 0 Å². The van der Waals surface area contributed by atoms with E-state index >= 15 is 0 Å². The lowest BCUT2D eigenvalue weighted by Crippen LogP contribution is -2.23. The molecule has 6 nitrogen and oxygen atoms in total. The van der Waals surface area contributed by atoms with E-state index in [-0.39, 0.29) is 17.2 Å². The average Bonchev–Trinajstić information content (AvgIpc) is 2.69. The zero-order chi connectivity index (χ0) is 19.3. The smallest absolute Gasteiger partial charge is 0.240 e. The summed E-state index contributed by atoms with van der Waals surface area (Å²) >= 11 is 0. The molecule has 3 rings (SSSR count). The fourth-order valence-electron chi connectivity index (χ4n) is 2.40. The van der Waals surface area contributed by atoms with E-state index in [1.165, 1.54) is 12.1 Å². The summed E-state index contributed by atoms with van der Waals surface area (Å²) in [4.78, 5) is 8.19. The Labute approximate surface area is 157 Å². The molecule has 8 heteroatoms. The highest BCUT2D eigenvalue weighted by Gasteiger charge is 2.16. The molecular formula is C19H18FN3O3S. The lowest BCUT2D eigenvalue weighted by atomic mass is 10.1. The molecule has 0 unspecified atom stereocenters. The summed E-state index contributed by atoms with van der Waals surface area (Å²) in [7, 11) is -3.86. The Morgan fingerprint density at radius 2 is 2.00 bits per heavy atom. The van der Waals surface area contributed by atoms with Gasteiger partial charge in [0.15, 0.2) is 11.6 Å². The highest BCUT2D eigenvalue weighted by atomic mass is 32.2. The van der Waals surface area contributed by atoms with Crippen LogP contribution in [-0.4, -0.2) is 25.0 Å². The van der Waals surface area contributed by atoms with Gasteiger partial charge in [0.25, 0.3) is 0 Å². The van der Waals surface area contributed by atoms with Crippen molar-refractivity contribution in [2.24, 2.45) is 0 Å². The number of nitrogens with zero attached hydrogens (tertiary/aromatic N) is 2. The zero-order valence-corrected chi connectivity index (χ0v) is 15.4. The Kier molecular flexibility index (Phi) is 5.78. The van der Waals surface area contributed by atoms with Gasteiger partial charge >= 0.3 is 0 Å². The van der Waals surface area contributed by atoms with Gasteiger partial charge in [-0.3, -0.25) is 9.97 Å². The Morgan fingerprint density at radius 1 is 1.15 bits per heavy atom. The van der Waals surface area contributed by atoms with Gasteiger partial charge in [-0.25, -0.2) is 17.5 Å². The third kappa shape index (κ3) is 4.66. The fourth-order valence-corrected chi connectivity index (χ4v) is 3.43. The molecular weight excluding hydrogens is 369 g/mol. The van der Waals surface area contributed by atoms with Gasteiger partial charge in [0, 0.05) is 30.7 Å². The first-order valence-electron chi connectivity index (χ1n) is 8.27. The summed E-state index contributed by atoms with van der Waals surface area (Å²) in [5, 5.41) is 0. The molecule has 3 aromatic rings. The molecule has 27 heavy (non-hydrogen) atoms. The molecule has 140 valence electrons. The molecule has 0 radical (unpaired) electrons. The van der Waals surface area contributed by atoms with E-state index in [0.717, 1.165) is 17.3 Å². The highest BCUT2D eigenvalue weighted by molar-refractivity contribution is 7.89. The first-order valence-corrected chi connectivity index (χ1v) is 9.75. The van der Waals surface area contributed by atoms with Crippen molar-refractivity contribution in [1.29, 1.82) is 0 Å². The van der Waals surface area contributed by atoms with Gasteiger partial charge in [-0.05, 0) is 48.9 Å². The van der Waals surface area contributed by atoms with Crippen molar-refractivity contribution in [2.45, 2.75) is 18.4 Å². The Hall–Kier alpha value is -2.84. The summed E-state index contributed by atoms with van der Waals surface area (Å²) in [6.07, 6.45) is 4.96. The Morgan fingerprint density at radius 3 is 2.63 bits per heavy atom. The van der Waals surface area contributed by atoms with Gasteiger partial charge in [-0.15, -0.1) is 0 Å². The van der Waals surface area contributed by atoms with Crippen LogP contribution in [0, 0.1) is 5.82 Å². The zero-order valence-electron chi connectivity index (χ0n) is 14.6. The summed E-state index contributed by atoms with van der Waals surface area (Å²) in [6, 6.07) is 10.8. The SMILES string of the molecule is CCOc1ccc(S(=O)(=O)NCc2ccc(-c3cccnc3)nc2)cc1F. The van der Waals surface area contributed by atoms with Gasteiger partial charge in [0.2, 0.25) is 10.0 Å². The van der Waals surface area contributed by atoms with Gasteiger partial charge in [0.05, 0.1) is 17.2 Å². The number of sulfonamides is 1. The second kappa shape index (κ2) is 8.24. The predicted octanol–water partition coefficient (Wildman–Crippen LogP) is 3.16. The van der Waals surface area contributed by atoms with E-state index in [4.69, 9.17) is 4.74 Å². The molecule has 0 fully saturated rings. The Balaban J connectivity index is 1.69. The van der Waals surface area contributed by atoms with Crippen LogP contribution in [0.2, 0.25) is 0 Å². The molecule has 1 aromatic carbocycles. The van der Waals surface area contributed by atoms with Crippen LogP contribution in [0.25, 0.3) is 11.3 Å². The van der Waals surface area contributed by atoms with Crippen LogP contribution in [0.1, 0.15) is 12.5 Å². The van der Waals surface area contributed by atoms with Crippen LogP contribution in [0.15, 0.2) is 66.0 Å². The van der Waals surface area contributed by atoms with E-state index in [9.17, 15) is 12.8 Å². The maximum absolute atomic E-state index is 13.9. The summed E-state index contributed by atoms with van der Waals surface area (Å²) in [6.45, 7) is 2.06. The molecule has 0 spiro atoms. The van der Waals surface area contributed by atoms with Crippen LogP contribution in [-0.2, 0) is 16.6 Å². The molecule has 0 amide bonds. The first-order chi connectivity index (χ1) is 13.0. The van der Waals surface area contributed by atoms with Crippen LogP contribution >= 0.6 is 0 Å². The van der Waals surface area contributed by atoms with Crippen molar-refractivity contribution in [3.8, 4) is 17.0 Å². The lowest BCUT2D eigenvalue weighted by Gasteiger charge is -2.09. The van der Waals surface area contributed by atoms with Gasteiger partial charge in [-0.1, -0.05) is 6.07 Å². The summed E-state index contributed by atoms with van der Waals surface area (Å²) in [5.74, 6) is -0.700. The molecule has 0 aliphatic heterocycles. The first kappa shape index (κ1) is 18.9. The van der Waals surface area contributed by atoms with E-state index < -0.39 is 15.8 Å². The minimum Gasteiger partial charge on any atom is -0.491 e. The normalized spacial score (nSPS) is 11.3. The summed E-state index contributed by atoms with van der Waals surface area (Å²) < 4.78 is 46.2. The molecule has 0 saturated carbocycles. The van der Waals surface area contributed by atoms with E-state index in [1.807, 2.05) is 12.1 Å². The number of hydrogen-bond donors (Lipinski definition) is 1. The largest absolute Gasteiger partial charge is 0.491 e. The molecule has 0 aliphatic carbocycles. The molecule has 2 heterocycles. The minimum atomic E-state index is -3.86. The van der Waals surface area contributed by atoms with Gasteiger partial charge in [-0.2, -0.15) is 0 Å². The second-order valence-corrected chi connectivity index (χ2v) is 7.41. The maximum atomic E-state index is 13.9. The third-order valence-corrected chi connectivity index (χ3v) is 5.16. The van der Waals surface area contributed by atoms with Crippen molar-refractivity contribution in [1.82, 2.24) is 14.7 Å². The topological polar surface area (TPSA) is 81.2 Å². The predicted molar refractivity (Wildman–Crippen MR) is 99.1 cm³/mol. The quantitative estimate of drug-likeness (QED) is 0.673. The van der Waals surface area contributed by atoms with Crippen molar-refractivity contribution in [3.63, 3.8) is 0 Å². The van der Waals surface area contributed by atoms with Crippen LogP contribution in [0.4, 0.5) is 4.39 Å². The number of rotatable bonds is 7. The average molecular weight is 387 g/mol. The molecule has 0 saturated heterocycles. The number of pyridine rings is 2. The van der Waals surface area contributed by atoms with E-state index in [1.54, 1.807) is 37.6 Å². The van der Waals surface area contributed by atoms with Crippen LogP contribution < -0.4 is 9.46 Å². The Bertz CT molecular complexity index is 1010. The molecule has 2 aromatic heterocycles. The van der Waals surface area contributed by atoms with Crippen LogP contribution in [0.5, 0.6) is 5.75 Å². The number of ether oxygens (including phenoxy) is 1. The number of nitrogens with one attached hydrogen (secondary N) is 1. The van der Waals surface area contributed by atoms with E-state index in [0.29, 0.717) is 12.2 Å². The number of aromatic nitrogens is 2. The third-order valence-electron chi connectivity index (χ3n) is 3.76. The number of hydrogen-bond acceptors (Lipinski definition) is 5. The molecule has 0 bridgehead atoms. The van der Waals surface area contributed by atoms with Crippen molar-refractivity contribution in [2.75, 3.05) is 6.61 Å². The lowest BCUT2D eigenvalue weighted by molar-refractivity contribution is 0.321. The second-order valence-electron chi connectivity index (χ2n) is 5.64. The standard InChI is InChI=1S/C19H18FN3O3S/c1-2-26-19-8-6-16(10-17(19)20)27(24,25)23-12-14-5-7-18(22-11-14)15-4-3-9-21-13-15/h3-11,13,23H,2,12H2,1H3. The molecule has 0 atom stereocenters. The van der Waals surface area contributed by atoms with E-state index in [2.05, 4.69) is 14.7 Å². The van der Waals surface area contributed by atoms with Gasteiger partial charge in [0.1, 0.15) is 0 Å². The maximum Gasteiger partial charge on any atom is 0.240 e. The fraction of sp³-hybridized carbons (Fsp3) is 0.158. The molecule has 1 N–H and O–H groups in total. The number of benzene rings is 1. The number of halogens is 1. The molecule has 0 aliphatic rings. The van der Waals surface area contributed by atoms with Crippen molar-refractivity contribution < 1.29 is 17.5 Å².